The first-order valence-electron chi connectivity index (χ1n) is 7.91. The third kappa shape index (κ3) is 3.28. The number of anilines is 1. The first-order valence-corrected chi connectivity index (χ1v) is 8.73. The molecule has 2 aliphatic rings. The molecule has 1 atom stereocenters. The number of ether oxygens (including phenoxy) is 2. The summed E-state index contributed by atoms with van der Waals surface area (Å²) < 4.78 is 23.4. The molecule has 1 saturated heterocycles. The average Bonchev–Trinajstić information content (AvgIpc) is 2.83. The lowest BCUT2D eigenvalue weighted by Gasteiger charge is -2.32. The number of carbonyl (C=O) groups is 3. The van der Waals surface area contributed by atoms with Gasteiger partial charge in [-0.2, -0.15) is 0 Å². The Labute approximate surface area is 147 Å². The molecule has 134 valence electrons. The summed E-state index contributed by atoms with van der Waals surface area (Å²) in [5.41, 5.74) is 0.305. The molecule has 0 saturated carbocycles. The highest BCUT2D eigenvalue weighted by Gasteiger charge is 2.53. The van der Waals surface area contributed by atoms with E-state index in [0.29, 0.717) is 6.42 Å². The zero-order valence-corrected chi connectivity index (χ0v) is 14.3. The Hall–Kier alpha value is -2.29. The molecule has 9 heteroatoms. The van der Waals surface area contributed by atoms with Gasteiger partial charge in [0.25, 0.3) is 5.24 Å². The molecule has 2 N–H and O–H groups in total. The minimum absolute atomic E-state index is 0.0725. The minimum atomic E-state index is -1.24. The number of imide groups is 1. The van der Waals surface area contributed by atoms with E-state index in [1.807, 2.05) is 6.92 Å². The van der Waals surface area contributed by atoms with Crippen molar-refractivity contribution in [2.45, 2.75) is 30.9 Å². The van der Waals surface area contributed by atoms with E-state index in [9.17, 15) is 18.8 Å². The molecule has 0 aromatic heterocycles. The predicted molar refractivity (Wildman–Crippen MR) is 89.2 cm³/mol. The summed E-state index contributed by atoms with van der Waals surface area (Å²) in [7, 11) is 0. The summed E-state index contributed by atoms with van der Waals surface area (Å²) in [6.07, 6.45) is 1.08. The number of halogens is 1. The van der Waals surface area contributed by atoms with Crippen LogP contribution in [0.3, 0.4) is 0 Å². The highest BCUT2D eigenvalue weighted by molar-refractivity contribution is 8.15. The lowest BCUT2D eigenvalue weighted by Crippen LogP contribution is -2.39. The van der Waals surface area contributed by atoms with Gasteiger partial charge in [0.15, 0.2) is 0 Å². The summed E-state index contributed by atoms with van der Waals surface area (Å²) in [4.78, 5) is 35.8. The summed E-state index contributed by atoms with van der Waals surface area (Å²) in [6, 6.07) is 2.26. The Kier molecular flexibility index (Phi) is 4.85. The topological polar surface area (TPSA) is 93.7 Å². The van der Waals surface area contributed by atoms with Crippen LogP contribution in [-0.2, 0) is 14.3 Å². The molecule has 1 aromatic carbocycles. The fraction of sp³-hybridized carbons (Fsp3) is 0.438. The van der Waals surface area contributed by atoms with E-state index >= 15 is 0 Å². The van der Waals surface area contributed by atoms with Crippen LogP contribution in [0.4, 0.5) is 19.7 Å². The molecule has 0 bridgehead atoms. The van der Waals surface area contributed by atoms with Gasteiger partial charge < -0.3 is 9.47 Å². The van der Waals surface area contributed by atoms with Crippen molar-refractivity contribution in [3.8, 4) is 5.75 Å². The van der Waals surface area contributed by atoms with Crippen molar-refractivity contribution in [3.63, 3.8) is 0 Å². The quantitative estimate of drug-likeness (QED) is 0.793. The molecule has 3 amide bonds. The van der Waals surface area contributed by atoms with Gasteiger partial charge in [0.1, 0.15) is 16.3 Å². The van der Waals surface area contributed by atoms with E-state index in [1.165, 1.54) is 0 Å². The summed E-state index contributed by atoms with van der Waals surface area (Å²) in [5.74, 6) is -0.980. The van der Waals surface area contributed by atoms with Crippen LogP contribution in [0.25, 0.3) is 0 Å². The third-order valence-electron chi connectivity index (χ3n) is 4.01. The van der Waals surface area contributed by atoms with Crippen LogP contribution in [0.5, 0.6) is 5.75 Å². The first-order chi connectivity index (χ1) is 12.0. The zero-order valence-electron chi connectivity index (χ0n) is 13.5. The van der Waals surface area contributed by atoms with Gasteiger partial charge >= 0.3 is 6.09 Å². The van der Waals surface area contributed by atoms with Crippen LogP contribution in [-0.4, -0.2) is 30.5 Å². The number of thioether (sulfide) groups is 1. The van der Waals surface area contributed by atoms with Gasteiger partial charge in [0, 0.05) is 18.1 Å². The Morgan fingerprint density at radius 2 is 2.28 bits per heavy atom. The number of rotatable bonds is 4. The van der Waals surface area contributed by atoms with Gasteiger partial charge in [-0.25, -0.2) is 9.18 Å². The standard InChI is InChI=1S/C16H17FN2O5S/c1-2-3-5-24-14(21)18-11-8-9(17)7-10-12(11)23-6-4-16(10)13(20)19-15(22)25-16/h7-8H,2-6H2,1H3,(H,18,21)(H,19,20,22). The molecular weight excluding hydrogens is 351 g/mol. The van der Waals surface area contributed by atoms with Gasteiger partial charge in [0.2, 0.25) is 5.91 Å². The molecule has 1 unspecified atom stereocenters. The van der Waals surface area contributed by atoms with Crippen molar-refractivity contribution >= 4 is 34.7 Å². The number of hydrogen-bond donors (Lipinski definition) is 2. The lowest BCUT2D eigenvalue weighted by molar-refractivity contribution is -0.122. The first kappa shape index (κ1) is 17.5. The molecule has 0 radical (unpaired) electrons. The van der Waals surface area contributed by atoms with E-state index in [0.717, 1.165) is 30.3 Å². The molecular formula is C16H17FN2O5S. The van der Waals surface area contributed by atoms with Gasteiger partial charge in [-0.1, -0.05) is 13.3 Å². The molecule has 1 fully saturated rings. The Morgan fingerprint density at radius 3 is 2.96 bits per heavy atom. The van der Waals surface area contributed by atoms with Crippen LogP contribution in [0.15, 0.2) is 12.1 Å². The number of carbonyl (C=O) groups excluding carboxylic acids is 3. The summed E-state index contributed by atoms with van der Waals surface area (Å²) >= 11 is 0.803. The van der Waals surface area contributed by atoms with E-state index in [-0.39, 0.29) is 36.6 Å². The van der Waals surface area contributed by atoms with Crippen LogP contribution >= 0.6 is 11.8 Å². The lowest BCUT2D eigenvalue weighted by atomic mass is 9.90. The molecule has 0 aliphatic carbocycles. The molecule has 2 aliphatic heterocycles. The van der Waals surface area contributed by atoms with E-state index < -0.39 is 27.8 Å². The molecule has 25 heavy (non-hydrogen) atoms. The molecule has 3 rings (SSSR count). The highest BCUT2D eigenvalue weighted by atomic mass is 32.2. The second kappa shape index (κ2) is 6.91. The van der Waals surface area contributed by atoms with Gasteiger partial charge in [0.05, 0.1) is 18.9 Å². The van der Waals surface area contributed by atoms with Gasteiger partial charge in [-0.3, -0.25) is 20.2 Å². The minimum Gasteiger partial charge on any atom is -0.491 e. The fourth-order valence-electron chi connectivity index (χ4n) is 2.79. The molecule has 7 nitrogen and oxygen atoms in total. The number of benzene rings is 1. The molecule has 1 aromatic rings. The van der Waals surface area contributed by atoms with Gasteiger partial charge in [-0.05, 0) is 24.2 Å². The van der Waals surface area contributed by atoms with Crippen molar-refractivity contribution in [1.82, 2.24) is 5.32 Å². The normalized spacial score (nSPS) is 21.5. The van der Waals surface area contributed by atoms with Crippen molar-refractivity contribution < 1.29 is 28.2 Å². The number of unbranched alkanes of at least 4 members (excludes halogenated alkanes) is 1. The largest absolute Gasteiger partial charge is 0.491 e. The van der Waals surface area contributed by atoms with Crippen LogP contribution < -0.4 is 15.4 Å². The Bertz CT molecular complexity index is 741. The smallest absolute Gasteiger partial charge is 0.411 e. The SMILES string of the molecule is CCCCOC(=O)Nc1cc(F)cc2c1OCCC21SC(=O)NC1=O. The fourth-order valence-corrected chi connectivity index (χ4v) is 3.85. The second-order valence-electron chi connectivity index (χ2n) is 5.71. The zero-order chi connectivity index (χ0) is 18.0. The van der Waals surface area contributed by atoms with E-state index in [4.69, 9.17) is 9.47 Å². The Balaban J connectivity index is 1.93. The third-order valence-corrected chi connectivity index (χ3v) is 5.25. The second-order valence-corrected chi connectivity index (χ2v) is 6.99. The summed E-state index contributed by atoms with van der Waals surface area (Å²) in [5, 5.41) is 4.19. The molecule has 1 spiro atoms. The van der Waals surface area contributed by atoms with Crippen molar-refractivity contribution in [3.05, 3.63) is 23.5 Å². The van der Waals surface area contributed by atoms with Crippen molar-refractivity contribution in [2.75, 3.05) is 18.5 Å². The van der Waals surface area contributed by atoms with E-state index in [1.54, 1.807) is 0 Å². The van der Waals surface area contributed by atoms with Crippen molar-refractivity contribution in [2.24, 2.45) is 0 Å². The Morgan fingerprint density at radius 1 is 1.48 bits per heavy atom. The predicted octanol–water partition coefficient (Wildman–Crippen LogP) is 3.14. The van der Waals surface area contributed by atoms with Crippen molar-refractivity contribution in [1.29, 1.82) is 0 Å². The molecule has 2 heterocycles. The number of amides is 3. The van der Waals surface area contributed by atoms with Gasteiger partial charge in [-0.15, -0.1) is 0 Å². The maximum atomic E-state index is 14.1. The van der Waals surface area contributed by atoms with Crippen LogP contribution in [0.2, 0.25) is 0 Å². The maximum Gasteiger partial charge on any atom is 0.411 e. The van der Waals surface area contributed by atoms with Crippen LogP contribution in [0, 0.1) is 5.82 Å². The highest BCUT2D eigenvalue weighted by Crippen LogP contribution is 2.52. The average molecular weight is 368 g/mol. The maximum absolute atomic E-state index is 14.1. The number of hydrogen-bond acceptors (Lipinski definition) is 6. The number of fused-ring (bicyclic) bond motifs is 2. The summed E-state index contributed by atoms with van der Waals surface area (Å²) in [6.45, 7) is 2.37. The number of nitrogens with one attached hydrogen (secondary N) is 2. The van der Waals surface area contributed by atoms with E-state index in [2.05, 4.69) is 10.6 Å². The van der Waals surface area contributed by atoms with Crippen LogP contribution in [0.1, 0.15) is 31.7 Å². The monoisotopic (exact) mass is 368 g/mol.